The summed E-state index contributed by atoms with van der Waals surface area (Å²) in [5, 5.41) is 7.89. The SMILES string of the molecule is CC(C)Cn1cnnc1Cc1ccc(C(F)(F)F)cc1. The van der Waals surface area contributed by atoms with Crippen molar-refractivity contribution in [3.05, 3.63) is 47.5 Å². The minimum atomic E-state index is -4.30. The predicted molar refractivity (Wildman–Crippen MR) is 69.1 cm³/mol. The predicted octanol–water partition coefficient (Wildman–Crippen LogP) is 3.54. The van der Waals surface area contributed by atoms with E-state index < -0.39 is 11.7 Å². The standard InChI is InChI=1S/C14H16F3N3/c1-10(2)8-20-9-18-19-13(20)7-11-3-5-12(6-4-11)14(15,16)17/h3-6,9-10H,7-8H2,1-2H3. The summed E-state index contributed by atoms with van der Waals surface area (Å²) < 4.78 is 39.4. The van der Waals surface area contributed by atoms with Gasteiger partial charge in [-0.05, 0) is 23.6 Å². The van der Waals surface area contributed by atoms with E-state index in [1.165, 1.54) is 12.1 Å². The molecule has 3 nitrogen and oxygen atoms in total. The monoisotopic (exact) mass is 283 g/mol. The molecule has 0 bridgehead atoms. The molecule has 6 heteroatoms. The number of rotatable bonds is 4. The van der Waals surface area contributed by atoms with E-state index in [9.17, 15) is 13.2 Å². The summed E-state index contributed by atoms with van der Waals surface area (Å²) in [5.74, 6) is 1.22. The first-order valence-corrected chi connectivity index (χ1v) is 6.39. The van der Waals surface area contributed by atoms with Gasteiger partial charge in [0.05, 0.1) is 5.56 Å². The van der Waals surface area contributed by atoms with Gasteiger partial charge in [0.25, 0.3) is 0 Å². The zero-order chi connectivity index (χ0) is 14.8. The van der Waals surface area contributed by atoms with Crippen molar-refractivity contribution in [2.45, 2.75) is 33.0 Å². The van der Waals surface area contributed by atoms with Crippen LogP contribution in [0, 0.1) is 5.92 Å². The Bertz CT molecular complexity index is 556. The molecule has 0 fully saturated rings. The van der Waals surface area contributed by atoms with Gasteiger partial charge in [0.15, 0.2) is 0 Å². The molecule has 2 rings (SSSR count). The number of hydrogen-bond donors (Lipinski definition) is 0. The molecule has 108 valence electrons. The molecule has 20 heavy (non-hydrogen) atoms. The Labute approximate surface area is 115 Å². The molecule has 1 aromatic heterocycles. The zero-order valence-corrected chi connectivity index (χ0v) is 11.4. The van der Waals surface area contributed by atoms with Crippen LogP contribution in [0.15, 0.2) is 30.6 Å². The quantitative estimate of drug-likeness (QED) is 0.859. The second kappa shape index (κ2) is 5.64. The third kappa shape index (κ3) is 3.59. The van der Waals surface area contributed by atoms with E-state index in [-0.39, 0.29) is 0 Å². The first-order chi connectivity index (χ1) is 9.36. The third-order valence-corrected chi connectivity index (χ3v) is 2.90. The number of hydrogen-bond acceptors (Lipinski definition) is 2. The highest BCUT2D eigenvalue weighted by Gasteiger charge is 2.29. The van der Waals surface area contributed by atoms with Crippen molar-refractivity contribution in [2.75, 3.05) is 0 Å². The van der Waals surface area contributed by atoms with Gasteiger partial charge in [-0.25, -0.2) is 0 Å². The van der Waals surface area contributed by atoms with Crippen molar-refractivity contribution in [3.8, 4) is 0 Å². The Morgan fingerprint density at radius 3 is 2.35 bits per heavy atom. The molecule has 0 atom stereocenters. The van der Waals surface area contributed by atoms with Gasteiger partial charge in [0.2, 0.25) is 0 Å². The smallest absolute Gasteiger partial charge is 0.317 e. The van der Waals surface area contributed by atoms with Crippen molar-refractivity contribution in [1.29, 1.82) is 0 Å². The summed E-state index contributed by atoms with van der Waals surface area (Å²) in [5.41, 5.74) is 0.154. The fourth-order valence-corrected chi connectivity index (χ4v) is 1.96. The van der Waals surface area contributed by atoms with Crippen molar-refractivity contribution in [3.63, 3.8) is 0 Å². The van der Waals surface area contributed by atoms with E-state index in [0.29, 0.717) is 12.3 Å². The topological polar surface area (TPSA) is 30.7 Å². The summed E-state index contributed by atoms with van der Waals surface area (Å²) in [6.07, 6.45) is -2.17. The lowest BCUT2D eigenvalue weighted by atomic mass is 10.1. The van der Waals surface area contributed by atoms with Crippen molar-refractivity contribution in [2.24, 2.45) is 5.92 Å². The fourth-order valence-electron chi connectivity index (χ4n) is 1.96. The summed E-state index contributed by atoms with van der Waals surface area (Å²) in [7, 11) is 0. The molecule has 1 aromatic carbocycles. The fraction of sp³-hybridized carbons (Fsp3) is 0.429. The Morgan fingerprint density at radius 1 is 1.15 bits per heavy atom. The van der Waals surface area contributed by atoms with Crippen molar-refractivity contribution < 1.29 is 13.2 Å². The molecule has 0 aliphatic carbocycles. The molecular formula is C14H16F3N3. The molecule has 0 saturated carbocycles. The maximum absolute atomic E-state index is 12.5. The van der Waals surface area contributed by atoms with Crippen LogP contribution >= 0.6 is 0 Å². The molecule has 0 N–H and O–H groups in total. The number of halogens is 3. The van der Waals surface area contributed by atoms with E-state index in [4.69, 9.17) is 0 Å². The lowest BCUT2D eigenvalue weighted by Crippen LogP contribution is -2.09. The van der Waals surface area contributed by atoms with Crippen LogP contribution in [-0.4, -0.2) is 14.8 Å². The van der Waals surface area contributed by atoms with Crippen LogP contribution < -0.4 is 0 Å². The van der Waals surface area contributed by atoms with Gasteiger partial charge in [0, 0.05) is 13.0 Å². The number of alkyl halides is 3. The Morgan fingerprint density at radius 2 is 1.80 bits per heavy atom. The van der Waals surface area contributed by atoms with Gasteiger partial charge < -0.3 is 4.57 Å². The Kier molecular flexibility index (Phi) is 4.11. The van der Waals surface area contributed by atoms with Gasteiger partial charge >= 0.3 is 6.18 Å². The highest BCUT2D eigenvalue weighted by Crippen LogP contribution is 2.29. The number of nitrogens with zero attached hydrogens (tertiary/aromatic N) is 3. The number of benzene rings is 1. The summed E-state index contributed by atoms with van der Waals surface area (Å²) in [6.45, 7) is 4.97. The van der Waals surface area contributed by atoms with E-state index in [1.54, 1.807) is 6.33 Å². The highest BCUT2D eigenvalue weighted by molar-refractivity contribution is 5.26. The maximum atomic E-state index is 12.5. The van der Waals surface area contributed by atoms with Crippen LogP contribution in [0.25, 0.3) is 0 Å². The lowest BCUT2D eigenvalue weighted by Gasteiger charge is -2.10. The second-order valence-electron chi connectivity index (χ2n) is 5.16. The average Bonchev–Trinajstić information content (AvgIpc) is 2.75. The van der Waals surface area contributed by atoms with Crippen LogP contribution in [0.4, 0.5) is 13.2 Å². The normalized spacial score (nSPS) is 12.1. The van der Waals surface area contributed by atoms with E-state index in [2.05, 4.69) is 24.0 Å². The van der Waals surface area contributed by atoms with Crippen LogP contribution in [0.1, 0.15) is 30.8 Å². The van der Waals surface area contributed by atoms with Gasteiger partial charge in [-0.2, -0.15) is 13.2 Å². The van der Waals surface area contributed by atoms with E-state index in [0.717, 1.165) is 30.1 Å². The number of aromatic nitrogens is 3. The van der Waals surface area contributed by atoms with Crippen molar-refractivity contribution >= 4 is 0 Å². The molecule has 0 radical (unpaired) electrons. The largest absolute Gasteiger partial charge is 0.416 e. The first kappa shape index (κ1) is 14.6. The second-order valence-corrected chi connectivity index (χ2v) is 5.16. The van der Waals surface area contributed by atoms with Crippen LogP contribution in [0.3, 0.4) is 0 Å². The van der Waals surface area contributed by atoms with E-state index >= 15 is 0 Å². The molecular weight excluding hydrogens is 267 g/mol. The Balaban J connectivity index is 2.13. The van der Waals surface area contributed by atoms with E-state index in [1.807, 2.05) is 4.57 Å². The Hall–Kier alpha value is -1.85. The molecule has 0 spiro atoms. The average molecular weight is 283 g/mol. The molecule has 2 aromatic rings. The first-order valence-electron chi connectivity index (χ1n) is 6.39. The minimum Gasteiger partial charge on any atom is -0.317 e. The van der Waals surface area contributed by atoms with Gasteiger partial charge in [-0.15, -0.1) is 10.2 Å². The minimum absolute atomic E-state index is 0.456. The molecule has 0 unspecified atom stereocenters. The third-order valence-electron chi connectivity index (χ3n) is 2.90. The summed E-state index contributed by atoms with van der Waals surface area (Å²) >= 11 is 0. The molecule has 0 aliphatic heterocycles. The van der Waals surface area contributed by atoms with Gasteiger partial charge in [-0.1, -0.05) is 26.0 Å². The van der Waals surface area contributed by atoms with Crippen LogP contribution in [0.5, 0.6) is 0 Å². The van der Waals surface area contributed by atoms with Crippen LogP contribution in [-0.2, 0) is 19.1 Å². The molecule has 1 heterocycles. The molecule has 0 aliphatic rings. The highest BCUT2D eigenvalue weighted by atomic mass is 19.4. The maximum Gasteiger partial charge on any atom is 0.416 e. The van der Waals surface area contributed by atoms with Crippen molar-refractivity contribution in [1.82, 2.24) is 14.8 Å². The zero-order valence-electron chi connectivity index (χ0n) is 11.4. The van der Waals surface area contributed by atoms with Crippen LogP contribution in [0.2, 0.25) is 0 Å². The van der Waals surface area contributed by atoms with Gasteiger partial charge in [-0.3, -0.25) is 0 Å². The van der Waals surface area contributed by atoms with Gasteiger partial charge in [0.1, 0.15) is 12.2 Å². The summed E-state index contributed by atoms with van der Waals surface area (Å²) in [6, 6.07) is 5.16. The lowest BCUT2D eigenvalue weighted by molar-refractivity contribution is -0.137. The molecule has 0 saturated heterocycles. The molecule has 0 amide bonds. The summed E-state index contributed by atoms with van der Waals surface area (Å²) in [4.78, 5) is 0.